The van der Waals surface area contributed by atoms with E-state index in [2.05, 4.69) is 4.98 Å². The molecule has 0 unspecified atom stereocenters. The Kier molecular flexibility index (Phi) is 9.00. The second-order valence-corrected chi connectivity index (χ2v) is 11.0. The molecule has 12 heteroatoms. The van der Waals surface area contributed by atoms with Crippen molar-refractivity contribution < 1.29 is 41.0 Å². The molecule has 6 nitrogen and oxygen atoms in total. The van der Waals surface area contributed by atoms with Crippen molar-refractivity contribution in [2.24, 2.45) is 0 Å². The number of carboxylic acid groups (broad SMARTS) is 1. The van der Waals surface area contributed by atoms with Crippen LogP contribution in [0.2, 0.25) is 0 Å². The van der Waals surface area contributed by atoms with E-state index in [-0.39, 0.29) is 24.1 Å². The van der Waals surface area contributed by atoms with Crippen LogP contribution in [0, 0.1) is 6.92 Å². The monoisotopic (exact) mass is 629 g/mol. The molecule has 0 aliphatic carbocycles. The minimum Gasteiger partial charge on any atom is -0.465 e. The van der Waals surface area contributed by atoms with Gasteiger partial charge in [-0.25, -0.2) is 9.78 Å². The fourth-order valence-electron chi connectivity index (χ4n) is 4.92. The molecule has 0 saturated heterocycles. The highest BCUT2D eigenvalue weighted by Crippen LogP contribution is 2.41. The number of carbonyl (C=O) groups is 2. The summed E-state index contributed by atoms with van der Waals surface area (Å²) in [7, 11) is 1.33. The Morgan fingerprint density at radius 2 is 1.31 bits per heavy atom. The average molecular weight is 630 g/mol. The summed E-state index contributed by atoms with van der Waals surface area (Å²) < 4.78 is 81.6. The van der Waals surface area contributed by atoms with Crippen LogP contribution in [0.15, 0.2) is 85.1 Å². The third kappa shape index (κ3) is 7.11. The third-order valence-corrected chi connectivity index (χ3v) is 7.50. The van der Waals surface area contributed by atoms with Gasteiger partial charge in [0, 0.05) is 12.6 Å². The quantitative estimate of drug-likeness (QED) is 0.208. The van der Waals surface area contributed by atoms with Gasteiger partial charge in [-0.2, -0.15) is 26.3 Å². The smallest absolute Gasteiger partial charge is 0.416 e. The van der Waals surface area contributed by atoms with Crippen molar-refractivity contribution >= 4 is 23.5 Å². The lowest BCUT2D eigenvalue weighted by atomic mass is 9.81. The van der Waals surface area contributed by atoms with E-state index in [1.54, 1.807) is 61.5 Å². The van der Waals surface area contributed by atoms with Crippen LogP contribution in [-0.2, 0) is 29.1 Å². The van der Waals surface area contributed by atoms with Gasteiger partial charge in [0.15, 0.2) is 0 Å². The van der Waals surface area contributed by atoms with Crippen LogP contribution >= 0.6 is 0 Å². The van der Waals surface area contributed by atoms with Crippen molar-refractivity contribution in [3.8, 4) is 11.1 Å². The molecule has 236 valence electrons. The number of anilines is 2. The maximum atomic E-state index is 14.0. The Morgan fingerprint density at radius 3 is 1.84 bits per heavy atom. The van der Waals surface area contributed by atoms with Gasteiger partial charge < -0.3 is 10.0 Å². The number of alkyl halides is 6. The zero-order valence-electron chi connectivity index (χ0n) is 24.7. The summed E-state index contributed by atoms with van der Waals surface area (Å²) in [5.74, 6) is -0.778. The molecule has 3 aromatic carbocycles. The van der Waals surface area contributed by atoms with Crippen LogP contribution in [0.5, 0.6) is 0 Å². The van der Waals surface area contributed by atoms with E-state index in [4.69, 9.17) is 0 Å². The lowest BCUT2D eigenvalue weighted by molar-refractivity contribution is -0.143. The van der Waals surface area contributed by atoms with E-state index in [0.717, 1.165) is 15.4 Å². The summed E-state index contributed by atoms with van der Waals surface area (Å²) in [5, 5.41) is 10.0. The van der Waals surface area contributed by atoms with Gasteiger partial charge >= 0.3 is 18.4 Å². The predicted molar refractivity (Wildman–Crippen MR) is 158 cm³/mol. The van der Waals surface area contributed by atoms with Crippen LogP contribution in [0.25, 0.3) is 11.1 Å². The highest BCUT2D eigenvalue weighted by Gasteiger charge is 2.41. The van der Waals surface area contributed by atoms with Gasteiger partial charge in [-0.1, -0.05) is 54.6 Å². The van der Waals surface area contributed by atoms with Crippen molar-refractivity contribution in [2.45, 2.75) is 45.1 Å². The standard InChI is InChI=1S/C33H29F6N3O3/c1-20-10-8-9-13-25(20)26-17-28(42(30(44)45)19-21-11-6-5-7-12-21)40-18-27(26)41(4)29(43)31(2,3)22-14-23(32(34,35)36)16-24(15-22)33(37,38)39/h5-18H,19H2,1-4H3,(H,44,45). The molecule has 0 radical (unpaired) electrons. The molecule has 0 spiro atoms. The van der Waals surface area contributed by atoms with E-state index in [1.165, 1.54) is 33.2 Å². The maximum Gasteiger partial charge on any atom is 0.416 e. The average Bonchev–Trinajstić information content (AvgIpc) is 2.98. The molecule has 1 N–H and O–H groups in total. The lowest BCUT2D eigenvalue weighted by Gasteiger charge is -2.32. The summed E-state index contributed by atoms with van der Waals surface area (Å²) >= 11 is 0. The molecular formula is C33H29F6N3O3. The van der Waals surface area contributed by atoms with Crippen LogP contribution in [0.3, 0.4) is 0 Å². The van der Waals surface area contributed by atoms with Gasteiger partial charge in [-0.15, -0.1) is 0 Å². The summed E-state index contributed by atoms with van der Waals surface area (Å²) in [6, 6.07) is 18.4. The highest BCUT2D eigenvalue weighted by atomic mass is 19.4. The Labute approximate surface area is 255 Å². The Hall–Kier alpha value is -4.87. The van der Waals surface area contributed by atoms with E-state index in [0.29, 0.717) is 28.8 Å². The first-order valence-corrected chi connectivity index (χ1v) is 13.6. The molecule has 0 fully saturated rings. The molecule has 2 amide bonds. The molecule has 0 aliphatic rings. The van der Waals surface area contributed by atoms with Crippen molar-refractivity contribution in [3.63, 3.8) is 0 Å². The molecule has 4 aromatic rings. The topological polar surface area (TPSA) is 73.7 Å². The van der Waals surface area contributed by atoms with E-state index in [9.17, 15) is 41.0 Å². The van der Waals surface area contributed by atoms with Crippen molar-refractivity contribution in [2.75, 3.05) is 16.8 Å². The van der Waals surface area contributed by atoms with Gasteiger partial charge in [-0.05, 0) is 67.3 Å². The summed E-state index contributed by atoms with van der Waals surface area (Å²) in [6.07, 6.45) is -10.2. The Morgan fingerprint density at radius 1 is 0.778 bits per heavy atom. The lowest BCUT2D eigenvalue weighted by Crippen LogP contribution is -2.42. The van der Waals surface area contributed by atoms with Crippen molar-refractivity contribution in [3.05, 3.63) is 113 Å². The molecule has 1 heterocycles. The first-order chi connectivity index (χ1) is 20.9. The van der Waals surface area contributed by atoms with Gasteiger partial charge in [0.05, 0.1) is 35.0 Å². The fraction of sp³-hybridized carbons (Fsp3) is 0.242. The number of amides is 2. The largest absolute Gasteiger partial charge is 0.465 e. The first kappa shape index (κ1) is 33.0. The minimum atomic E-state index is -5.09. The number of hydrogen-bond acceptors (Lipinski definition) is 3. The Bertz CT molecular complexity index is 1690. The number of likely N-dealkylation sites (N-methyl/N-ethyl adjacent to an activating group) is 1. The van der Waals surface area contributed by atoms with E-state index >= 15 is 0 Å². The molecule has 0 saturated carbocycles. The maximum absolute atomic E-state index is 14.0. The number of carbonyl (C=O) groups excluding carboxylic acids is 1. The molecule has 1 aromatic heterocycles. The molecule has 0 aliphatic heterocycles. The van der Waals surface area contributed by atoms with Crippen LogP contribution in [-0.4, -0.2) is 29.1 Å². The summed E-state index contributed by atoms with van der Waals surface area (Å²) in [6.45, 7) is 4.24. The van der Waals surface area contributed by atoms with Crippen LogP contribution in [0.4, 0.5) is 42.6 Å². The van der Waals surface area contributed by atoms with Crippen molar-refractivity contribution in [1.29, 1.82) is 0 Å². The SMILES string of the molecule is Cc1ccccc1-c1cc(N(Cc2ccccc2)C(=O)O)ncc1N(C)C(=O)C(C)(C)c1cc(C(F)(F)F)cc(C(F)(F)F)c1. The van der Waals surface area contributed by atoms with Gasteiger partial charge in [0.25, 0.3) is 0 Å². The number of aromatic nitrogens is 1. The van der Waals surface area contributed by atoms with Crippen molar-refractivity contribution in [1.82, 2.24) is 4.98 Å². The summed E-state index contributed by atoms with van der Waals surface area (Å²) in [4.78, 5) is 32.7. The number of nitrogens with zero attached hydrogens (tertiary/aromatic N) is 3. The number of rotatable bonds is 7. The van der Waals surface area contributed by atoms with Gasteiger partial charge in [0.2, 0.25) is 5.91 Å². The highest BCUT2D eigenvalue weighted by molar-refractivity contribution is 6.03. The second kappa shape index (κ2) is 12.3. The molecule has 0 bridgehead atoms. The molecule has 4 rings (SSSR count). The number of aryl methyl sites for hydroxylation is 1. The number of pyridine rings is 1. The minimum absolute atomic E-state index is 0.0103. The zero-order valence-corrected chi connectivity index (χ0v) is 24.7. The Balaban J connectivity index is 1.83. The first-order valence-electron chi connectivity index (χ1n) is 13.6. The normalized spacial score (nSPS) is 12.1. The predicted octanol–water partition coefficient (Wildman–Crippen LogP) is 8.72. The fourth-order valence-corrected chi connectivity index (χ4v) is 4.92. The number of benzene rings is 3. The number of hydrogen-bond donors (Lipinski definition) is 1. The molecule has 0 atom stereocenters. The summed E-state index contributed by atoms with van der Waals surface area (Å²) in [5.41, 5.74) is -2.81. The van der Waals surface area contributed by atoms with Gasteiger partial charge in [-0.3, -0.25) is 9.69 Å². The third-order valence-electron chi connectivity index (χ3n) is 7.50. The molecule has 45 heavy (non-hydrogen) atoms. The van der Waals surface area contributed by atoms with E-state index in [1.807, 2.05) is 0 Å². The van der Waals surface area contributed by atoms with Crippen LogP contribution < -0.4 is 9.80 Å². The number of halogens is 6. The van der Waals surface area contributed by atoms with Gasteiger partial charge in [0.1, 0.15) is 5.82 Å². The second-order valence-electron chi connectivity index (χ2n) is 11.0. The zero-order chi connectivity index (χ0) is 33.3. The molecular weight excluding hydrogens is 600 g/mol. The van der Waals surface area contributed by atoms with Crippen LogP contribution in [0.1, 0.15) is 41.7 Å². The van der Waals surface area contributed by atoms with E-state index < -0.39 is 46.5 Å².